The molecule has 5 saturated heterocycles. The van der Waals surface area contributed by atoms with Gasteiger partial charge in [0.05, 0.1) is 48.7 Å². The summed E-state index contributed by atoms with van der Waals surface area (Å²) in [5.74, 6) is 0. The molecule has 0 amide bonds. The molecule has 20 atom stereocenters. The van der Waals surface area contributed by atoms with Crippen molar-refractivity contribution in [2.24, 2.45) is 28.2 Å². The Bertz CT molecular complexity index is 4440. The Kier molecular flexibility index (Phi) is 27.5. The zero-order valence-corrected chi connectivity index (χ0v) is 57.6. The fourth-order valence-electron chi connectivity index (χ4n) is 9.01. The van der Waals surface area contributed by atoms with Gasteiger partial charge in [0.25, 0.3) is 22.2 Å². The molecule has 50 nitrogen and oxygen atoms in total. The van der Waals surface area contributed by atoms with E-state index in [1.165, 1.54) is 14.1 Å². The number of aromatic nitrogens is 8. The summed E-state index contributed by atoms with van der Waals surface area (Å²) in [6.07, 6.45) is -22.3. The van der Waals surface area contributed by atoms with E-state index in [-0.39, 0.29) is 22.3 Å². The molecular weight excluding hydrogens is 1550 g/mol. The van der Waals surface area contributed by atoms with Crippen molar-refractivity contribution in [1.82, 2.24) is 38.2 Å². The van der Waals surface area contributed by atoms with Gasteiger partial charge in [0.15, 0.2) is 0 Å². The lowest BCUT2D eigenvalue weighted by molar-refractivity contribution is -0.0237. The molecule has 59 heteroatoms. The molecule has 5 aliphatic rings. The van der Waals surface area contributed by atoms with Gasteiger partial charge < -0.3 is 119 Å². The number of phosphoric ester groups is 1. The van der Waals surface area contributed by atoms with Crippen molar-refractivity contribution in [3.8, 4) is 0 Å². The van der Waals surface area contributed by atoms with Gasteiger partial charge in [-0.2, -0.15) is 21.6 Å². The number of rotatable bonds is 18. The van der Waals surface area contributed by atoms with Gasteiger partial charge in [-0.15, -0.1) is 0 Å². The van der Waals surface area contributed by atoms with E-state index in [2.05, 4.69) is 55.1 Å². The highest BCUT2D eigenvalue weighted by Gasteiger charge is 2.56. The van der Waals surface area contributed by atoms with Crippen LogP contribution in [0, 0.1) is 0 Å². The van der Waals surface area contributed by atoms with E-state index < -0.39 is 222 Å². The van der Waals surface area contributed by atoms with E-state index >= 15 is 0 Å². The maximum atomic E-state index is 12.2. The minimum absolute atomic E-state index is 0.0274. The third kappa shape index (κ3) is 21.1. The first-order chi connectivity index (χ1) is 45.3. The summed E-state index contributed by atoms with van der Waals surface area (Å²) in [5.41, 5.74) is -6.19. The molecule has 5 aliphatic heterocycles. The Morgan fingerprint density at radius 2 is 0.727 bits per heavy atom. The number of phosphoric acid groups is 6. The second-order valence-electron chi connectivity index (χ2n) is 20.7. The zero-order chi connectivity index (χ0) is 74.9. The van der Waals surface area contributed by atoms with E-state index in [4.69, 9.17) is 71.0 Å². The van der Waals surface area contributed by atoms with Crippen molar-refractivity contribution in [1.29, 1.82) is 0 Å². The number of aliphatic hydroxyl groups excluding tert-OH is 9. The molecule has 8 unspecified atom stereocenters. The lowest BCUT2D eigenvalue weighted by Crippen LogP contribution is -2.37. The molecule has 9 rings (SSSR count). The van der Waals surface area contributed by atoms with Gasteiger partial charge >= 0.3 is 75.8 Å². The van der Waals surface area contributed by atoms with Crippen LogP contribution in [0.25, 0.3) is 0 Å². The Morgan fingerprint density at radius 3 is 1.01 bits per heavy atom. The zero-order valence-electron chi connectivity index (χ0n) is 49.8. The highest BCUT2D eigenvalue weighted by molar-refractivity contribution is 8.05. The molecular formula is C40H59Cl2N8O42P7. The number of hydrogen-bond donors (Lipinski definition) is 19. The highest BCUT2D eigenvalue weighted by atomic mass is 35.9. The van der Waals surface area contributed by atoms with Gasteiger partial charge in [0.1, 0.15) is 97.7 Å². The van der Waals surface area contributed by atoms with Gasteiger partial charge in [-0.3, -0.25) is 51.1 Å². The monoisotopic (exact) mass is 1610 g/mol. The first kappa shape index (κ1) is 83.8. The molecule has 9 heterocycles. The van der Waals surface area contributed by atoms with Crippen LogP contribution in [-0.2, 0) is 114 Å². The SMILES string of the molecule is Cn1c(=O)[nH]cc([C@@H]2O[C@H](CO)[C@H](O)C2O)c1=O.Cn1c(=O)[nH]cc([C@@H]2O[C@H](COP(=O)(Cl)Cl)[C@H](O)C2O)c1=O.Cn1c(=O)[nH]cc([C@@H]2O[C@H](COP(=O)(O)OP(=O)(O)OP(=O)(O)O)[C@H](O)C2O)c1=O.Cn1c(=O)[nH]cc([C@@H]2O[C@H](COP3(=O)OP(=O)(O)OP(=O)(O)O3)[C@H](O)C2O)c1=O. The standard InChI is InChI=1S/C10H13Cl2N2O7P.C10H17N2O15P3.C10H15N2O14P3.C10H14N2O6/c1-14-9(17)4(2-13-10(14)18)8-7(16)6(15)5(21-8)3-20-22(11,12)19;1-12-9(15)4(2-11-10(12)16)8-7(14)6(13)5(25-8)3-24-29(20,21)27-30(22,23)26-28(17,18)19;1-12-9(15)4(2-11-10(12)16)8-7(14)6(13)5(23-8)3-22-29(21)25-27(17,18)24-28(19,20)26-29;1-12-9(16)4(2-11-10(12)17)8-7(15)6(14)5(3-13)18-8/h2,5-8,15-16H,3H2,1H3,(H,13,18);2,5-8,13-14H,3H2,1H3,(H,11,16)(H,20,21)(H,22,23)(H2,17,18,19);2,5-8,13-14H,3H2,1H3,(H,11,16)(H,17,18)(H,19,20);2,5-8,13-15H,3H2,1H3,(H,11,17)/t4*5-,6+,7?,8+/m1111/s1. The van der Waals surface area contributed by atoms with Crippen LogP contribution in [0.15, 0.2) is 63.1 Å². The number of aliphatic hydroxyl groups is 9. The van der Waals surface area contributed by atoms with Crippen molar-refractivity contribution in [2.75, 3.05) is 26.4 Å². The summed E-state index contributed by atoms with van der Waals surface area (Å²) in [6, 6.07) is 0. The minimum Gasteiger partial charge on any atom is -0.394 e. The Hall–Kier alpha value is -4.17. The third-order valence-corrected chi connectivity index (χ3v) is 24.1. The summed E-state index contributed by atoms with van der Waals surface area (Å²) in [4.78, 5) is 156. The molecule has 99 heavy (non-hydrogen) atoms. The number of ether oxygens (including phenoxy) is 4. The number of H-pyrrole nitrogens is 4. The summed E-state index contributed by atoms with van der Waals surface area (Å²) in [7, 11) is -27.6. The molecule has 0 bridgehead atoms. The van der Waals surface area contributed by atoms with Crippen LogP contribution in [0.4, 0.5) is 0 Å². The quantitative estimate of drug-likeness (QED) is 0.0412. The van der Waals surface area contributed by atoms with E-state index in [9.17, 15) is 116 Å². The summed E-state index contributed by atoms with van der Waals surface area (Å²) in [5, 5.41) is 88.5. The highest BCUT2D eigenvalue weighted by Crippen LogP contribution is 2.80. The number of hydrogen-bond acceptors (Lipinski definition) is 36. The summed E-state index contributed by atoms with van der Waals surface area (Å²) < 4.78 is 136. The Morgan fingerprint density at radius 1 is 0.444 bits per heavy atom. The largest absolute Gasteiger partial charge is 0.492 e. The number of aromatic amines is 4. The van der Waals surface area contributed by atoms with Crippen LogP contribution < -0.4 is 45.0 Å². The van der Waals surface area contributed by atoms with Crippen molar-refractivity contribution in [3.05, 3.63) is 130 Å². The number of nitrogens with one attached hydrogen (secondary N) is 4. The van der Waals surface area contributed by atoms with Crippen LogP contribution in [0.5, 0.6) is 0 Å². The molecule has 0 aromatic carbocycles. The lowest BCUT2D eigenvalue weighted by atomic mass is 10.0. The lowest BCUT2D eigenvalue weighted by Gasteiger charge is -2.27. The van der Waals surface area contributed by atoms with Crippen LogP contribution in [0.3, 0.4) is 0 Å². The van der Waals surface area contributed by atoms with Gasteiger partial charge in [-0.25, -0.2) is 46.6 Å². The van der Waals surface area contributed by atoms with Crippen molar-refractivity contribution >= 4 is 75.5 Å². The summed E-state index contributed by atoms with van der Waals surface area (Å²) in [6.45, 7) is -2.88. The predicted octanol–water partition coefficient (Wildman–Crippen LogP) is -6.73. The van der Waals surface area contributed by atoms with Crippen LogP contribution in [0.2, 0.25) is 0 Å². The minimum atomic E-state index is -5.73. The molecule has 0 aliphatic carbocycles. The molecule has 0 spiro atoms. The Balaban J connectivity index is 0.000000212. The molecule has 4 aromatic rings. The van der Waals surface area contributed by atoms with E-state index in [1.807, 2.05) is 0 Å². The molecule has 4 aromatic heterocycles. The van der Waals surface area contributed by atoms with Gasteiger partial charge in [0.2, 0.25) is 0 Å². The van der Waals surface area contributed by atoms with E-state index in [0.717, 1.165) is 48.0 Å². The van der Waals surface area contributed by atoms with Crippen molar-refractivity contribution < 1.29 is 161 Å². The van der Waals surface area contributed by atoms with Crippen LogP contribution >= 0.6 is 75.5 Å². The van der Waals surface area contributed by atoms with E-state index in [1.54, 1.807) is 0 Å². The third-order valence-electron chi connectivity index (χ3n) is 13.9. The van der Waals surface area contributed by atoms with Crippen LogP contribution in [0.1, 0.15) is 46.7 Å². The smallest absolute Gasteiger partial charge is 0.394 e. The Labute approximate surface area is 555 Å². The number of halogens is 2. The van der Waals surface area contributed by atoms with Gasteiger partial charge in [0, 0.05) is 53.0 Å². The van der Waals surface area contributed by atoms with Gasteiger partial charge in [-0.1, -0.05) is 0 Å². The predicted molar refractivity (Wildman–Crippen MR) is 316 cm³/mol. The first-order valence-electron chi connectivity index (χ1n) is 26.6. The fourth-order valence-corrected chi connectivity index (χ4v) is 17.6. The number of nitrogens with zero attached hydrogens (tertiary/aromatic N) is 4. The summed E-state index contributed by atoms with van der Waals surface area (Å²) >= 11 is 10.4. The fraction of sp³-hybridized carbons (Fsp3) is 0.600. The molecule has 0 radical (unpaired) electrons. The van der Waals surface area contributed by atoms with E-state index in [0.29, 0.717) is 9.13 Å². The molecule has 560 valence electrons. The first-order valence-corrected chi connectivity index (χ1v) is 39.0. The van der Waals surface area contributed by atoms with Crippen molar-refractivity contribution in [3.63, 3.8) is 0 Å². The molecule has 5 fully saturated rings. The average molecular weight is 1610 g/mol. The van der Waals surface area contributed by atoms with Crippen LogP contribution in [-0.4, -0.2) is 213 Å². The molecule has 19 N–H and O–H groups in total. The maximum Gasteiger partial charge on any atom is 0.492 e. The second-order valence-corrected chi connectivity index (χ2v) is 34.3. The normalized spacial score (nSPS) is 33.5. The van der Waals surface area contributed by atoms with Gasteiger partial charge in [-0.05, 0) is 22.5 Å². The topological polar surface area (TPSA) is 753 Å². The second kappa shape index (κ2) is 32.5. The van der Waals surface area contributed by atoms with Crippen molar-refractivity contribution in [2.45, 2.75) is 97.7 Å². The maximum absolute atomic E-state index is 12.2. The molecule has 0 saturated carbocycles. The average Bonchev–Trinajstić information content (AvgIpc) is 1.79.